The van der Waals surface area contributed by atoms with Crippen molar-refractivity contribution in [3.05, 3.63) is 0 Å². The van der Waals surface area contributed by atoms with Crippen molar-refractivity contribution in [2.75, 3.05) is 52.6 Å². The number of hydrogen-bond donors (Lipinski definition) is 4. The van der Waals surface area contributed by atoms with Crippen LogP contribution in [0, 0.1) is 0 Å². The predicted molar refractivity (Wildman–Crippen MR) is 99.0 cm³/mol. The first-order valence-corrected chi connectivity index (χ1v) is 9.06. The normalized spacial score (nSPS) is 10.9. The summed E-state index contributed by atoms with van der Waals surface area (Å²) in [4.78, 5) is 43.9. The number of carbonyl (C=O) groups is 4. The first kappa shape index (κ1) is 25.8. The minimum atomic E-state index is -1.59. The summed E-state index contributed by atoms with van der Waals surface area (Å²) < 4.78 is 15.1. The summed E-state index contributed by atoms with van der Waals surface area (Å²) in [7, 11) is 0. The Morgan fingerprint density at radius 3 is 2.14 bits per heavy atom. The minimum Gasteiger partial charge on any atom is -0.478 e. The first-order valence-electron chi connectivity index (χ1n) is 9.06. The van der Waals surface area contributed by atoms with Gasteiger partial charge in [-0.15, -0.1) is 0 Å². The van der Waals surface area contributed by atoms with Crippen LogP contribution in [-0.4, -0.2) is 87.6 Å². The minimum absolute atomic E-state index is 0.138. The van der Waals surface area contributed by atoms with E-state index in [-0.39, 0.29) is 25.5 Å². The van der Waals surface area contributed by atoms with Crippen LogP contribution in [0.2, 0.25) is 0 Å². The molecule has 0 saturated carbocycles. The SMILES string of the molecule is CC(C)(OC(=O)NCCNCCNC(=O)CCOCCOCCC=O)C(=O)O. The number of aldehydes is 1. The average Bonchev–Trinajstić information content (AvgIpc) is 2.62. The molecule has 0 bridgehead atoms. The van der Waals surface area contributed by atoms with Crippen LogP contribution in [0.5, 0.6) is 0 Å². The lowest BCUT2D eigenvalue weighted by molar-refractivity contribution is -0.154. The molecule has 28 heavy (non-hydrogen) atoms. The van der Waals surface area contributed by atoms with E-state index in [1.165, 1.54) is 13.8 Å². The maximum atomic E-state index is 11.6. The van der Waals surface area contributed by atoms with Gasteiger partial charge in [0.1, 0.15) is 6.29 Å². The smallest absolute Gasteiger partial charge is 0.408 e. The molecule has 2 amide bonds. The number of alkyl carbamates (subject to hydrolysis) is 1. The van der Waals surface area contributed by atoms with Crippen molar-refractivity contribution in [3.8, 4) is 0 Å². The van der Waals surface area contributed by atoms with Crippen molar-refractivity contribution in [1.82, 2.24) is 16.0 Å². The van der Waals surface area contributed by atoms with Crippen LogP contribution < -0.4 is 16.0 Å². The zero-order valence-electron chi connectivity index (χ0n) is 16.5. The Kier molecular flexibility index (Phi) is 14.5. The monoisotopic (exact) mass is 405 g/mol. The van der Waals surface area contributed by atoms with Crippen LogP contribution in [0.1, 0.15) is 26.7 Å². The summed E-state index contributed by atoms with van der Waals surface area (Å²) in [6.07, 6.45) is 0.574. The third-order valence-electron chi connectivity index (χ3n) is 3.28. The van der Waals surface area contributed by atoms with Crippen molar-refractivity contribution in [1.29, 1.82) is 0 Å². The van der Waals surface area contributed by atoms with Crippen LogP contribution in [0.4, 0.5) is 4.79 Å². The van der Waals surface area contributed by atoms with Gasteiger partial charge in [0.25, 0.3) is 0 Å². The zero-order chi connectivity index (χ0) is 21.3. The zero-order valence-corrected chi connectivity index (χ0v) is 16.5. The molecule has 0 unspecified atom stereocenters. The highest BCUT2D eigenvalue weighted by Crippen LogP contribution is 2.08. The van der Waals surface area contributed by atoms with E-state index in [0.29, 0.717) is 45.9 Å². The molecule has 0 aliphatic rings. The third-order valence-corrected chi connectivity index (χ3v) is 3.28. The van der Waals surface area contributed by atoms with Gasteiger partial charge in [0.15, 0.2) is 0 Å². The fourth-order valence-electron chi connectivity index (χ4n) is 1.69. The maximum absolute atomic E-state index is 11.6. The predicted octanol–water partition coefficient (Wildman–Crippen LogP) is -0.706. The van der Waals surface area contributed by atoms with Crippen molar-refractivity contribution < 1.29 is 38.5 Å². The fraction of sp³-hybridized carbons (Fsp3) is 0.765. The lowest BCUT2D eigenvalue weighted by Gasteiger charge is -2.20. The van der Waals surface area contributed by atoms with E-state index in [4.69, 9.17) is 19.3 Å². The highest BCUT2D eigenvalue weighted by Gasteiger charge is 2.31. The molecular weight excluding hydrogens is 374 g/mol. The number of carboxylic acids is 1. The summed E-state index contributed by atoms with van der Waals surface area (Å²) in [5.41, 5.74) is -1.59. The number of nitrogens with one attached hydrogen (secondary N) is 3. The molecule has 0 aromatic carbocycles. The second-order valence-corrected chi connectivity index (χ2v) is 6.16. The Hall–Kier alpha value is -2.24. The van der Waals surface area contributed by atoms with E-state index in [1.54, 1.807) is 0 Å². The average molecular weight is 405 g/mol. The molecule has 0 aliphatic heterocycles. The molecule has 0 aromatic rings. The van der Waals surface area contributed by atoms with E-state index >= 15 is 0 Å². The molecule has 0 aromatic heterocycles. The van der Waals surface area contributed by atoms with E-state index < -0.39 is 17.7 Å². The number of aliphatic carboxylic acids is 1. The highest BCUT2D eigenvalue weighted by atomic mass is 16.6. The summed E-state index contributed by atoms with van der Waals surface area (Å²) in [6.45, 7) is 5.60. The molecule has 0 aliphatic carbocycles. The van der Waals surface area contributed by atoms with Crippen molar-refractivity contribution >= 4 is 24.3 Å². The van der Waals surface area contributed by atoms with Crippen molar-refractivity contribution in [3.63, 3.8) is 0 Å². The molecule has 0 radical (unpaired) electrons. The van der Waals surface area contributed by atoms with Crippen LogP contribution in [0.15, 0.2) is 0 Å². The Bertz CT molecular complexity index is 485. The summed E-state index contributed by atoms with van der Waals surface area (Å²) in [6, 6.07) is 0. The van der Waals surface area contributed by atoms with E-state index in [9.17, 15) is 19.2 Å². The highest BCUT2D eigenvalue weighted by molar-refractivity contribution is 5.80. The molecule has 0 saturated heterocycles. The van der Waals surface area contributed by atoms with Crippen LogP contribution in [0.3, 0.4) is 0 Å². The number of hydrogen-bond acceptors (Lipinski definition) is 8. The van der Waals surface area contributed by atoms with Gasteiger partial charge >= 0.3 is 12.1 Å². The maximum Gasteiger partial charge on any atom is 0.408 e. The quantitative estimate of drug-likeness (QED) is 0.182. The molecule has 0 heterocycles. The number of carbonyl (C=O) groups excluding carboxylic acids is 3. The van der Waals surface area contributed by atoms with Crippen LogP contribution in [0.25, 0.3) is 0 Å². The molecule has 0 fully saturated rings. The summed E-state index contributed by atoms with van der Waals surface area (Å²) in [5.74, 6) is -1.37. The summed E-state index contributed by atoms with van der Waals surface area (Å²) >= 11 is 0. The fourth-order valence-corrected chi connectivity index (χ4v) is 1.69. The van der Waals surface area contributed by atoms with Gasteiger partial charge in [-0.1, -0.05) is 0 Å². The van der Waals surface area contributed by atoms with Crippen molar-refractivity contribution in [2.24, 2.45) is 0 Å². The van der Waals surface area contributed by atoms with E-state index in [1.807, 2.05) is 0 Å². The van der Waals surface area contributed by atoms with Gasteiger partial charge in [0.2, 0.25) is 11.5 Å². The van der Waals surface area contributed by atoms with E-state index in [2.05, 4.69) is 16.0 Å². The molecule has 162 valence electrons. The molecule has 11 nitrogen and oxygen atoms in total. The van der Waals surface area contributed by atoms with Gasteiger partial charge < -0.3 is 40.1 Å². The molecular formula is C17H31N3O8. The summed E-state index contributed by atoms with van der Waals surface area (Å²) in [5, 5.41) is 17.0. The van der Waals surface area contributed by atoms with Gasteiger partial charge in [-0.05, 0) is 13.8 Å². The number of rotatable bonds is 17. The first-order chi connectivity index (χ1) is 13.3. The second kappa shape index (κ2) is 15.8. The lowest BCUT2D eigenvalue weighted by Crippen LogP contribution is -2.42. The van der Waals surface area contributed by atoms with Crippen LogP contribution in [-0.2, 0) is 28.6 Å². The van der Waals surface area contributed by atoms with Crippen LogP contribution >= 0.6 is 0 Å². The molecule has 0 atom stereocenters. The van der Waals surface area contributed by atoms with Gasteiger partial charge in [-0.2, -0.15) is 0 Å². The molecule has 0 spiro atoms. The topological polar surface area (TPSA) is 152 Å². The van der Waals surface area contributed by atoms with Gasteiger partial charge in [-0.3, -0.25) is 4.79 Å². The van der Waals surface area contributed by atoms with Crippen molar-refractivity contribution in [2.45, 2.75) is 32.3 Å². The lowest BCUT2D eigenvalue weighted by atomic mass is 10.1. The molecule has 4 N–H and O–H groups in total. The second-order valence-electron chi connectivity index (χ2n) is 6.16. The number of amides is 2. The van der Waals surface area contributed by atoms with E-state index in [0.717, 1.165) is 6.29 Å². The molecule has 0 rings (SSSR count). The number of carboxylic acid groups (broad SMARTS) is 1. The Balaban J connectivity index is 3.46. The standard InChI is InChI=1S/C17H31N3O8/c1-17(2,15(23)24)28-16(25)20-8-6-18-5-7-19-14(22)4-11-27-13-12-26-10-3-9-21/h9,18H,3-8,10-13H2,1-2H3,(H,19,22)(H,20,25)(H,23,24). The van der Waals surface area contributed by atoms with Gasteiger partial charge in [0, 0.05) is 39.0 Å². The Labute approximate surface area is 164 Å². The van der Waals surface area contributed by atoms with Gasteiger partial charge in [0.05, 0.1) is 26.4 Å². The van der Waals surface area contributed by atoms with Gasteiger partial charge in [-0.25, -0.2) is 9.59 Å². The Morgan fingerprint density at radius 1 is 0.929 bits per heavy atom. The largest absolute Gasteiger partial charge is 0.478 e. The number of ether oxygens (including phenoxy) is 3. The molecule has 11 heteroatoms. The Morgan fingerprint density at radius 2 is 1.54 bits per heavy atom. The third kappa shape index (κ3) is 14.9.